The summed E-state index contributed by atoms with van der Waals surface area (Å²) in [6.07, 6.45) is 6.87. The third kappa shape index (κ3) is 3.62. The second kappa shape index (κ2) is 5.97. The van der Waals surface area contributed by atoms with Gasteiger partial charge in [0.15, 0.2) is 0 Å². The highest BCUT2D eigenvalue weighted by Crippen LogP contribution is 2.15. The van der Waals surface area contributed by atoms with Crippen LogP contribution in [0.4, 0.5) is 0 Å². The first-order chi connectivity index (χ1) is 6.76. The van der Waals surface area contributed by atoms with Crippen molar-refractivity contribution in [2.24, 2.45) is 10.9 Å². The Hall–Kier alpha value is -0.630. The molecular weight excluding hydrogens is 172 g/mol. The summed E-state index contributed by atoms with van der Waals surface area (Å²) >= 11 is 0. The van der Waals surface area contributed by atoms with Crippen LogP contribution in [-0.2, 0) is 0 Å². The summed E-state index contributed by atoms with van der Waals surface area (Å²) in [6, 6.07) is 0. The molecular formula is C12H22N2. The first-order valence-corrected chi connectivity index (χ1v) is 5.56. The summed E-state index contributed by atoms with van der Waals surface area (Å²) < 4.78 is 0. The van der Waals surface area contributed by atoms with Gasteiger partial charge in [0.1, 0.15) is 0 Å². The molecule has 1 saturated heterocycles. The van der Waals surface area contributed by atoms with Gasteiger partial charge >= 0.3 is 0 Å². The quantitative estimate of drug-likeness (QED) is 0.630. The monoisotopic (exact) mass is 194 g/mol. The average molecular weight is 194 g/mol. The molecule has 0 aromatic heterocycles. The minimum Gasteiger partial charge on any atom is -0.299 e. The molecule has 0 amide bonds. The van der Waals surface area contributed by atoms with Crippen molar-refractivity contribution in [1.82, 2.24) is 4.90 Å². The van der Waals surface area contributed by atoms with E-state index in [1.54, 1.807) is 0 Å². The van der Waals surface area contributed by atoms with E-state index in [1.807, 2.05) is 13.3 Å². The molecule has 0 unspecified atom stereocenters. The van der Waals surface area contributed by atoms with Crippen molar-refractivity contribution in [3.63, 3.8) is 0 Å². The van der Waals surface area contributed by atoms with E-state index in [0.29, 0.717) is 0 Å². The van der Waals surface area contributed by atoms with Crippen LogP contribution in [0.15, 0.2) is 16.6 Å². The van der Waals surface area contributed by atoms with Crippen LogP contribution in [0, 0.1) is 5.92 Å². The first-order valence-electron chi connectivity index (χ1n) is 5.56. The molecule has 1 fully saturated rings. The summed E-state index contributed by atoms with van der Waals surface area (Å²) in [6.45, 7) is 7.99. The van der Waals surface area contributed by atoms with E-state index in [-0.39, 0.29) is 0 Å². The maximum Gasteiger partial charge on any atom is 0.0277 e. The van der Waals surface area contributed by atoms with Gasteiger partial charge in [0.2, 0.25) is 0 Å². The predicted molar refractivity (Wildman–Crippen MR) is 63.0 cm³/mol. The Morgan fingerprint density at radius 1 is 1.57 bits per heavy atom. The topological polar surface area (TPSA) is 15.6 Å². The lowest BCUT2D eigenvalue weighted by atomic mass is 10.00. The second-order valence-corrected chi connectivity index (χ2v) is 4.23. The maximum atomic E-state index is 4.07. The molecule has 1 rings (SSSR count). The fraction of sp³-hybridized carbons (Fsp3) is 0.750. The van der Waals surface area contributed by atoms with Crippen molar-refractivity contribution >= 4 is 6.21 Å². The van der Waals surface area contributed by atoms with Gasteiger partial charge < -0.3 is 0 Å². The van der Waals surface area contributed by atoms with Crippen LogP contribution in [0.25, 0.3) is 0 Å². The zero-order valence-corrected chi connectivity index (χ0v) is 9.66. The Morgan fingerprint density at radius 3 is 2.93 bits per heavy atom. The Bertz CT molecular complexity index is 218. The van der Waals surface area contributed by atoms with Crippen molar-refractivity contribution in [3.05, 3.63) is 11.6 Å². The average Bonchev–Trinajstić information content (AvgIpc) is 2.17. The van der Waals surface area contributed by atoms with Gasteiger partial charge in [-0.3, -0.25) is 9.89 Å². The first kappa shape index (κ1) is 11.4. The number of nitrogens with zero attached hydrogens (tertiary/aromatic N) is 2. The van der Waals surface area contributed by atoms with Gasteiger partial charge in [0.05, 0.1) is 0 Å². The lowest BCUT2D eigenvalue weighted by Gasteiger charge is -2.30. The number of hydrogen-bond acceptors (Lipinski definition) is 2. The lowest BCUT2D eigenvalue weighted by molar-refractivity contribution is 0.200. The molecule has 1 aliphatic heterocycles. The van der Waals surface area contributed by atoms with E-state index in [4.69, 9.17) is 0 Å². The van der Waals surface area contributed by atoms with Crippen molar-refractivity contribution in [2.45, 2.75) is 26.7 Å². The molecule has 14 heavy (non-hydrogen) atoms. The van der Waals surface area contributed by atoms with Crippen molar-refractivity contribution in [2.75, 3.05) is 26.7 Å². The van der Waals surface area contributed by atoms with E-state index in [9.17, 15) is 0 Å². The highest BCUT2D eigenvalue weighted by molar-refractivity contribution is 5.78. The predicted octanol–water partition coefficient (Wildman–Crippen LogP) is 2.37. The van der Waals surface area contributed by atoms with Crippen LogP contribution in [0.5, 0.6) is 0 Å². The van der Waals surface area contributed by atoms with Gasteiger partial charge in [-0.05, 0) is 37.8 Å². The summed E-state index contributed by atoms with van der Waals surface area (Å²) in [5.41, 5.74) is 1.33. The van der Waals surface area contributed by atoms with Gasteiger partial charge in [0.25, 0.3) is 0 Å². The molecule has 0 aromatic rings. The van der Waals surface area contributed by atoms with Crippen molar-refractivity contribution in [1.29, 1.82) is 0 Å². The maximum absolute atomic E-state index is 4.07. The summed E-state index contributed by atoms with van der Waals surface area (Å²) in [5, 5.41) is 0. The molecule has 80 valence electrons. The van der Waals surface area contributed by atoms with Crippen molar-refractivity contribution < 1.29 is 0 Å². The van der Waals surface area contributed by atoms with Gasteiger partial charge in [-0.15, -0.1) is 0 Å². The number of likely N-dealkylation sites (tertiary alicyclic amines) is 1. The molecule has 0 aliphatic carbocycles. The van der Waals surface area contributed by atoms with Crippen LogP contribution in [0.2, 0.25) is 0 Å². The van der Waals surface area contributed by atoms with E-state index in [0.717, 1.165) is 12.5 Å². The van der Waals surface area contributed by atoms with Crippen LogP contribution < -0.4 is 0 Å². The number of allylic oxidation sites excluding steroid dienone is 1. The van der Waals surface area contributed by atoms with E-state index in [2.05, 4.69) is 29.8 Å². The summed E-state index contributed by atoms with van der Waals surface area (Å²) in [5.74, 6) is 0.862. The molecule has 0 bridgehead atoms. The fourth-order valence-electron chi connectivity index (χ4n) is 2.06. The van der Waals surface area contributed by atoms with E-state index in [1.165, 1.54) is 31.5 Å². The molecule has 0 aromatic carbocycles. The third-order valence-corrected chi connectivity index (χ3v) is 2.81. The summed E-state index contributed by atoms with van der Waals surface area (Å²) in [4.78, 5) is 6.60. The van der Waals surface area contributed by atoms with Crippen LogP contribution in [0.3, 0.4) is 0 Å². The minimum atomic E-state index is 0.862. The second-order valence-electron chi connectivity index (χ2n) is 4.23. The Balaban J connectivity index is 2.42. The zero-order chi connectivity index (χ0) is 10.4. The minimum absolute atomic E-state index is 0.862. The van der Waals surface area contributed by atoms with Crippen LogP contribution >= 0.6 is 0 Å². The third-order valence-electron chi connectivity index (χ3n) is 2.81. The van der Waals surface area contributed by atoms with Gasteiger partial charge in [-0.1, -0.05) is 13.0 Å². The number of rotatable bonds is 3. The van der Waals surface area contributed by atoms with Gasteiger partial charge in [-0.2, -0.15) is 0 Å². The highest BCUT2D eigenvalue weighted by Gasteiger charge is 2.16. The Kier molecular flexibility index (Phi) is 4.88. The molecule has 2 heteroatoms. The Labute approximate surface area is 87.7 Å². The number of piperidine rings is 1. The molecule has 0 spiro atoms. The molecule has 1 atom stereocenters. The Morgan fingerprint density at radius 2 is 2.36 bits per heavy atom. The largest absolute Gasteiger partial charge is 0.299 e. The van der Waals surface area contributed by atoms with E-state index >= 15 is 0 Å². The van der Waals surface area contributed by atoms with Gasteiger partial charge in [-0.25, -0.2) is 0 Å². The molecule has 1 aliphatic rings. The lowest BCUT2D eigenvalue weighted by Crippen LogP contribution is -2.35. The molecule has 0 saturated carbocycles. The van der Waals surface area contributed by atoms with Crippen molar-refractivity contribution in [3.8, 4) is 0 Å². The standard InChI is InChI=1S/C12H22N2/c1-4-12(8-13-3)10-14-7-5-6-11(2)9-14/h4,8,11H,5-7,9-10H2,1-3H3/b12-4+,13-8?/t11-/m0/s1. The highest BCUT2D eigenvalue weighted by atomic mass is 15.1. The fourth-order valence-corrected chi connectivity index (χ4v) is 2.06. The SMILES string of the molecule is C/C=C(\C=NC)CN1CCC[C@H](C)C1. The summed E-state index contributed by atoms with van der Waals surface area (Å²) in [7, 11) is 1.84. The molecule has 1 heterocycles. The number of hydrogen-bond donors (Lipinski definition) is 0. The number of aliphatic imine (C=N–C) groups is 1. The molecule has 0 N–H and O–H groups in total. The van der Waals surface area contributed by atoms with E-state index < -0.39 is 0 Å². The normalized spacial score (nSPS) is 25.9. The van der Waals surface area contributed by atoms with Crippen LogP contribution in [0.1, 0.15) is 26.7 Å². The molecule has 0 radical (unpaired) electrons. The van der Waals surface area contributed by atoms with Gasteiger partial charge in [0, 0.05) is 26.4 Å². The smallest absolute Gasteiger partial charge is 0.0277 e. The zero-order valence-electron chi connectivity index (χ0n) is 9.66. The molecule has 2 nitrogen and oxygen atoms in total. The van der Waals surface area contributed by atoms with Crippen LogP contribution in [-0.4, -0.2) is 37.8 Å².